The summed E-state index contributed by atoms with van der Waals surface area (Å²) in [4.78, 5) is 11.6. The van der Waals surface area contributed by atoms with Gasteiger partial charge in [-0.15, -0.1) is 0 Å². The van der Waals surface area contributed by atoms with Gasteiger partial charge in [-0.1, -0.05) is 12.1 Å². The van der Waals surface area contributed by atoms with Crippen molar-refractivity contribution < 1.29 is 18.7 Å². The lowest BCUT2D eigenvalue weighted by molar-refractivity contribution is -0.133. The van der Waals surface area contributed by atoms with Crippen LogP contribution in [0.4, 0.5) is 4.39 Å². The van der Waals surface area contributed by atoms with Crippen LogP contribution in [0, 0.1) is 0 Å². The number of benzene rings is 1. The monoisotopic (exact) mass is 236 g/mol. The van der Waals surface area contributed by atoms with E-state index < -0.39 is 11.8 Å². The Morgan fingerprint density at radius 3 is 2.71 bits per heavy atom. The van der Waals surface area contributed by atoms with Gasteiger partial charge in [-0.2, -0.15) is 0 Å². The molecule has 0 aromatic heterocycles. The number of esters is 1. The molecule has 1 aromatic rings. The van der Waals surface area contributed by atoms with Crippen molar-refractivity contribution in [3.05, 3.63) is 35.2 Å². The summed E-state index contributed by atoms with van der Waals surface area (Å²) in [6.07, 6.45) is 0.740. The van der Waals surface area contributed by atoms with E-state index in [1.807, 2.05) is 0 Å². The van der Waals surface area contributed by atoms with Crippen molar-refractivity contribution in [3.8, 4) is 5.75 Å². The molecule has 1 aliphatic carbocycles. The van der Waals surface area contributed by atoms with E-state index in [0.717, 1.165) is 5.56 Å². The topological polar surface area (TPSA) is 35.5 Å². The molecule has 0 spiro atoms. The second-order valence-corrected chi connectivity index (χ2v) is 3.76. The minimum absolute atomic E-state index is 0.0210. The van der Waals surface area contributed by atoms with Crippen LogP contribution in [0.1, 0.15) is 17.5 Å². The van der Waals surface area contributed by atoms with Crippen LogP contribution in [-0.2, 0) is 16.0 Å². The summed E-state index contributed by atoms with van der Waals surface area (Å²) in [6, 6.07) is 5.25. The molecule has 0 radical (unpaired) electrons. The van der Waals surface area contributed by atoms with Gasteiger partial charge in [-0.05, 0) is 18.1 Å². The number of ether oxygens (including phenoxy) is 2. The zero-order valence-electron chi connectivity index (χ0n) is 9.75. The van der Waals surface area contributed by atoms with Gasteiger partial charge in [0.2, 0.25) is 0 Å². The Bertz CT molecular complexity index is 491. The van der Waals surface area contributed by atoms with Gasteiger partial charge in [0, 0.05) is 12.0 Å². The van der Waals surface area contributed by atoms with Crippen LogP contribution in [0.3, 0.4) is 0 Å². The molecule has 3 nitrogen and oxygen atoms in total. The molecule has 0 atom stereocenters. The highest BCUT2D eigenvalue weighted by molar-refractivity contribution is 6.18. The first-order chi connectivity index (χ1) is 8.19. The third-order valence-electron chi connectivity index (χ3n) is 2.88. The number of hydrogen-bond acceptors (Lipinski definition) is 3. The zero-order chi connectivity index (χ0) is 12.4. The molecule has 0 aliphatic heterocycles. The molecule has 4 heteroatoms. The molecule has 0 bridgehead atoms. The summed E-state index contributed by atoms with van der Waals surface area (Å²) in [5, 5.41) is 0. The fraction of sp³-hybridized carbons (Fsp3) is 0.308. The maximum absolute atomic E-state index is 13.7. The maximum Gasteiger partial charge on any atom is 0.341 e. The molecule has 0 amide bonds. The summed E-state index contributed by atoms with van der Waals surface area (Å²) >= 11 is 0. The normalized spacial score (nSPS) is 14.3. The summed E-state index contributed by atoms with van der Waals surface area (Å²) in [5.41, 5.74) is 1.45. The van der Waals surface area contributed by atoms with Crippen LogP contribution < -0.4 is 4.74 Å². The number of halogens is 1. The third-order valence-corrected chi connectivity index (χ3v) is 2.88. The highest BCUT2D eigenvalue weighted by Crippen LogP contribution is 2.37. The molecule has 1 aliphatic rings. The Hall–Kier alpha value is -1.84. The van der Waals surface area contributed by atoms with Crippen molar-refractivity contribution in [2.45, 2.75) is 12.8 Å². The number of hydrogen-bond donors (Lipinski definition) is 0. The summed E-state index contributed by atoms with van der Waals surface area (Å²) < 4.78 is 23.6. The minimum atomic E-state index is -0.642. The minimum Gasteiger partial charge on any atom is -0.496 e. The van der Waals surface area contributed by atoms with E-state index in [2.05, 4.69) is 4.74 Å². The summed E-state index contributed by atoms with van der Waals surface area (Å²) in [7, 11) is 2.80. The average Bonchev–Trinajstić information content (AvgIpc) is 2.36. The summed E-state index contributed by atoms with van der Waals surface area (Å²) in [5.74, 6) is -0.384. The fourth-order valence-electron chi connectivity index (χ4n) is 2.08. The first-order valence-electron chi connectivity index (χ1n) is 5.32. The molecular weight excluding hydrogens is 223 g/mol. The van der Waals surface area contributed by atoms with Gasteiger partial charge in [-0.25, -0.2) is 9.18 Å². The number of carbonyl (C=O) groups excluding carboxylic acids is 1. The van der Waals surface area contributed by atoms with Crippen molar-refractivity contribution in [3.63, 3.8) is 0 Å². The number of carbonyl (C=O) groups is 1. The lowest BCUT2D eigenvalue weighted by Crippen LogP contribution is -2.13. The Labute approximate surface area is 98.8 Å². The van der Waals surface area contributed by atoms with E-state index in [1.165, 1.54) is 7.11 Å². The third kappa shape index (κ3) is 1.90. The SMILES string of the molecule is COC(=O)C1=C(F)CCc2c(OC)cccc21. The molecule has 0 fully saturated rings. The van der Waals surface area contributed by atoms with Gasteiger partial charge in [0.05, 0.1) is 19.8 Å². The van der Waals surface area contributed by atoms with Crippen molar-refractivity contribution in [1.29, 1.82) is 0 Å². The van der Waals surface area contributed by atoms with Crippen LogP contribution in [0.25, 0.3) is 5.57 Å². The van der Waals surface area contributed by atoms with Gasteiger partial charge < -0.3 is 9.47 Å². The molecule has 0 unspecified atom stereocenters. The quantitative estimate of drug-likeness (QED) is 0.740. The molecule has 17 heavy (non-hydrogen) atoms. The molecule has 1 aromatic carbocycles. The highest BCUT2D eigenvalue weighted by Gasteiger charge is 2.27. The fourth-order valence-corrected chi connectivity index (χ4v) is 2.08. The molecule has 0 saturated heterocycles. The van der Waals surface area contributed by atoms with Crippen LogP contribution in [0.5, 0.6) is 5.75 Å². The van der Waals surface area contributed by atoms with Crippen LogP contribution in [0.2, 0.25) is 0 Å². The van der Waals surface area contributed by atoms with E-state index in [9.17, 15) is 9.18 Å². The number of allylic oxidation sites excluding steroid dienone is 1. The molecule has 0 heterocycles. The molecule has 0 N–H and O–H groups in total. The smallest absolute Gasteiger partial charge is 0.341 e. The molecule has 2 rings (SSSR count). The van der Waals surface area contributed by atoms with Gasteiger partial charge in [0.1, 0.15) is 11.6 Å². The largest absolute Gasteiger partial charge is 0.496 e. The second kappa shape index (κ2) is 4.57. The van der Waals surface area contributed by atoms with Crippen molar-refractivity contribution in [2.24, 2.45) is 0 Å². The van der Waals surface area contributed by atoms with Crippen LogP contribution >= 0.6 is 0 Å². The predicted octanol–water partition coefficient (Wildman–Crippen LogP) is 2.50. The Morgan fingerprint density at radius 1 is 1.29 bits per heavy atom. The molecular formula is C13H13FO3. The lowest BCUT2D eigenvalue weighted by atomic mass is 9.89. The van der Waals surface area contributed by atoms with E-state index in [1.54, 1.807) is 25.3 Å². The molecule has 90 valence electrons. The summed E-state index contributed by atoms with van der Waals surface area (Å²) in [6.45, 7) is 0. The first kappa shape index (κ1) is 11.6. The van der Waals surface area contributed by atoms with Crippen LogP contribution in [-0.4, -0.2) is 20.2 Å². The van der Waals surface area contributed by atoms with Crippen molar-refractivity contribution in [1.82, 2.24) is 0 Å². The Morgan fingerprint density at radius 2 is 2.06 bits per heavy atom. The van der Waals surface area contributed by atoms with Crippen molar-refractivity contribution >= 4 is 11.5 Å². The van der Waals surface area contributed by atoms with E-state index in [-0.39, 0.29) is 12.0 Å². The first-order valence-corrected chi connectivity index (χ1v) is 5.32. The number of rotatable bonds is 2. The predicted molar refractivity (Wildman–Crippen MR) is 61.4 cm³/mol. The second-order valence-electron chi connectivity index (χ2n) is 3.76. The average molecular weight is 236 g/mol. The maximum atomic E-state index is 13.7. The van der Waals surface area contributed by atoms with E-state index in [4.69, 9.17) is 4.74 Å². The zero-order valence-corrected chi connectivity index (χ0v) is 9.75. The highest BCUT2D eigenvalue weighted by atomic mass is 19.1. The lowest BCUT2D eigenvalue weighted by Gasteiger charge is -2.19. The number of methoxy groups -OCH3 is 2. The van der Waals surface area contributed by atoms with Gasteiger partial charge >= 0.3 is 5.97 Å². The van der Waals surface area contributed by atoms with Crippen LogP contribution in [0.15, 0.2) is 24.0 Å². The molecule has 0 saturated carbocycles. The Kier molecular flexibility index (Phi) is 3.13. The van der Waals surface area contributed by atoms with Gasteiger partial charge in [0.25, 0.3) is 0 Å². The Balaban J connectivity index is 2.59. The van der Waals surface area contributed by atoms with Gasteiger partial charge in [0.15, 0.2) is 0 Å². The van der Waals surface area contributed by atoms with Crippen molar-refractivity contribution in [2.75, 3.05) is 14.2 Å². The number of fused-ring (bicyclic) bond motifs is 1. The van der Waals surface area contributed by atoms with Gasteiger partial charge in [-0.3, -0.25) is 0 Å². The van der Waals surface area contributed by atoms with E-state index in [0.29, 0.717) is 17.7 Å². The standard InChI is InChI=1S/C13H13FO3/c1-16-11-5-3-4-9-8(11)6-7-10(14)12(9)13(15)17-2/h3-5H,6-7H2,1-2H3. The van der Waals surface area contributed by atoms with E-state index >= 15 is 0 Å².